The molecule has 3 aromatic rings. The number of oxazole rings is 1. The third-order valence-corrected chi connectivity index (χ3v) is 5.23. The number of rotatable bonds is 5. The molecule has 2 aromatic carbocycles. The molecule has 31 heavy (non-hydrogen) atoms. The first-order chi connectivity index (χ1) is 14.5. The number of phenolic OH excluding ortho intramolecular Hbond substituents is 1. The molecular formula is C27H31NO3. The molecule has 0 saturated heterocycles. The minimum absolute atomic E-state index is 0.211. The molecule has 1 heterocycles. The lowest BCUT2D eigenvalue weighted by Crippen LogP contribution is -2.17. The number of benzene rings is 2. The summed E-state index contributed by atoms with van der Waals surface area (Å²) < 4.78 is 5.79. The first kappa shape index (κ1) is 22.5. The summed E-state index contributed by atoms with van der Waals surface area (Å²) >= 11 is 0. The second-order valence-electron chi connectivity index (χ2n) is 9.95. The van der Waals surface area contributed by atoms with Crippen molar-refractivity contribution in [3.63, 3.8) is 0 Å². The standard InChI is InChI=1S/C27H31NO3/c1-26(2,3)22-14-20(15-23(24(22)30)27(4,5)6)25-28-21(17-31-25)9-7-8-18-10-12-19(16-29)13-11-18/h7-8,10-17,30H,9H2,1-6H3/b8-7+. The summed E-state index contributed by atoms with van der Waals surface area (Å²) in [5.74, 6) is 0.897. The lowest BCUT2D eigenvalue weighted by molar-refractivity contribution is 0.112. The van der Waals surface area contributed by atoms with Gasteiger partial charge in [0.25, 0.3) is 0 Å². The van der Waals surface area contributed by atoms with Crippen molar-refractivity contribution in [2.75, 3.05) is 0 Å². The van der Waals surface area contributed by atoms with Gasteiger partial charge in [-0.2, -0.15) is 0 Å². The van der Waals surface area contributed by atoms with Crippen molar-refractivity contribution in [1.82, 2.24) is 4.98 Å². The third kappa shape index (κ3) is 5.32. The molecule has 4 heteroatoms. The van der Waals surface area contributed by atoms with Gasteiger partial charge in [0, 0.05) is 28.7 Å². The predicted octanol–water partition coefficient (Wildman–Crippen LogP) is 6.71. The number of phenols is 1. The van der Waals surface area contributed by atoms with E-state index in [9.17, 15) is 9.90 Å². The van der Waals surface area contributed by atoms with E-state index in [1.807, 2.05) is 36.4 Å². The lowest BCUT2D eigenvalue weighted by Gasteiger charge is -2.27. The molecule has 1 N–H and O–H groups in total. The molecule has 0 aliphatic heterocycles. The zero-order valence-corrected chi connectivity index (χ0v) is 19.2. The van der Waals surface area contributed by atoms with Gasteiger partial charge in [0.15, 0.2) is 0 Å². The Labute approximate surface area is 184 Å². The fourth-order valence-corrected chi connectivity index (χ4v) is 3.44. The molecular weight excluding hydrogens is 386 g/mol. The number of aromatic hydroxyl groups is 1. The molecule has 0 radical (unpaired) electrons. The second kappa shape index (κ2) is 8.54. The van der Waals surface area contributed by atoms with Crippen molar-refractivity contribution in [2.45, 2.75) is 58.8 Å². The van der Waals surface area contributed by atoms with Gasteiger partial charge >= 0.3 is 0 Å². The second-order valence-corrected chi connectivity index (χ2v) is 9.95. The van der Waals surface area contributed by atoms with E-state index < -0.39 is 0 Å². The summed E-state index contributed by atoms with van der Waals surface area (Å²) in [7, 11) is 0. The fourth-order valence-electron chi connectivity index (χ4n) is 3.44. The molecule has 0 unspecified atom stereocenters. The maximum atomic E-state index is 10.9. The number of allylic oxidation sites excluding steroid dienone is 1. The molecule has 0 saturated carbocycles. The summed E-state index contributed by atoms with van der Waals surface area (Å²) in [6.45, 7) is 12.5. The first-order valence-corrected chi connectivity index (χ1v) is 10.5. The third-order valence-electron chi connectivity index (χ3n) is 5.23. The van der Waals surface area contributed by atoms with E-state index in [0.717, 1.165) is 34.2 Å². The van der Waals surface area contributed by atoms with Crippen LogP contribution >= 0.6 is 0 Å². The van der Waals surface area contributed by atoms with Gasteiger partial charge in [-0.05, 0) is 28.5 Å². The molecule has 1 aromatic heterocycles. The minimum Gasteiger partial charge on any atom is -0.507 e. The highest BCUT2D eigenvalue weighted by molar-refractivity contribution is 5.75. The van der Waals surface area contributed by atoms with E-state index in [4.69, 9.17) is 4.42 Å². The van der Waals surface area contributed by atoms with Gasteiger partial charge in [0.05, 0.1) is 5.69 Å². The van der Waals surface area contributed by atoms with E-state index in [-0.39, 0.29) is 10.8 Å². The minimum atomic E-state index is -0.211. The van der Waals surface area contributed by atoms with Gasteiger partial charge in [-0.1, -0.05) is 78.0 Å². The van der Waals surface area contributed by atoms with Crippen molar-refractivity contribution in [3.05, 3.63) is 76.7 Å². The van der Waals surface area contributed by atoms with Gasteiger partial charge in [-0.15, -0.1) is 0 Å². The molecule has 0 bridgehead atoms. The van der Waals surface area contributed by atoms with Crippen LogP contribution in [0.1, 0.15) is 74.3 Å². The molecule has 0 fully saturated rings. The van der Waals surface area contributed by atoms with Crippen molar-refractivity contribution >= 4 is 12.4 Å². The fraction of sp³-hybridized carbons (Fsp3) is 0.333. The zero-order valence-electron chi connectivity index (χ0n) is 19.2. The smallest absolute Gasteiger partial charge is 0.226 e. The highest BCUT2D eigenvalue weighted by atomic mass is 16.3. The van der Waals surface area contributed by atoms with Gasteiger partial charge in [-0.3, -0.25) is 4.79 Å². The van der Waals surface area contributed by atoms with Gasteiger partial charge < -0.3 is 9.52 Å². The van der Waals surface area contributed by atoms with Crippen LogP contribution in [-0.4, -0.2) is 16.4 Å². The molecule has 4 nitrogen and oxygen atoms in total. The Morgan fingerprint density at radius 2 is 1.48 bits per heavy atom. The average Bonchev–Trinajstić information content (AvgIpc) is 3.16. The molecule has 162 valence electrons. The zero-order chi connectivity index (χ0) is 22.8. The van der Waals surface area contributed by atoms with Crippen LogP contribution in [0.2, 0.25) is 0 Å². The van der Waals surface area contributed by atoms with Crippen molar-refractivity contribution in [3.8, 4) is 17.2 Å². The van der Waals surface area contributed by atoms with E-state index in [1.54, 1.807) is 18.4 Å². The molecule has 0 atom stereocenters. The quantitative estimate of drug-likeness (QED) is 0.469. The first-order valence-electron chi connectivity index (χ1n) is 10.5. The highest BCUT2D eigenvalue weighted by Gasteiger charge is 2.27. The van der Waals surface area contributed by atoms with Gasteiger partial charge in [-0.25, -0.2) is 4.98 Å². The van der Waals surface area contributed by atoms with Crippen molar-refractivity contribution in [2.24, 2.45) is 0 Å². The maximum Gasteiger partial charge on any atom is 0.226 e. The summed E-state index contributed by atoms with van der Waals surface area (Å²) in [5.41, 5.74) is 4.73. The molecule has 0 amide bonds. The molecule has 0 spiro atoms. The monoisotopic (exact) mass is 417 g/mol. The Bertz CT molecular complexity index is 1060. The van der Waals surface area contributed by atoms with Crippen molar-refractivity contribution < 1.29 is 14.3 Å². The Hall–Kier alpha value is -3.14. The Morgan fingerprint density at radius 1 is 0.935 bits per heavy atom. The number of carbonyl (C=O) groups is 1. The largest absolute Gasteiger partial charge is 0.507 e. The van der Waals surface area contributed by atoms with Crippen molar-refractivity contribution in [1.29, 1.82) is 0 Å². The summed E-state index contributed by atoms with van der Waals surface area (Å²) in [6.07, 6.45) is 7.17. The number of nitrogens with zero attached hydrogens (tertiary/aromatic N) is 1. The normalized spacial score (nSPS) is 12.5. The van der Waals surface area contributed by atoms with Crippen LogP contribution in [-0.2, 0) is 17.3 Å². The van der Waals surface area contributed by atoms with Crippen LogP contribution < -0.4 is 0 Å². The number of aromatic nitrogens is 1. The Balaban J connectivity index is 1.87. The van der Waals surface area contributed by atoms with Crippen LogP contribution in [0.5, 0.6) is 5.75 Å². The van der Waals surface area contributed by atoms with Crippen LogP contribution in [0, 0.1) is 0 Å². The summed E-state index contributed by atoms with van der Waals surface area (Å²) in [5, 5.41) is 10.9. The number of aldehydes is 1. The summed E-state index contributed by atoms with van der Waals surface area (Å²) in [6, 6.07) is 11.4. The average molecular weight is 418 g/mol. The van der Waals surface area contributed by atoms with Crippen LogP contribution in [0.15, 0.2) is 53.2 Å². The van der Waals surface area contributed by atoms with Gasteiger partial charge in [0.2, 0.25) is 5.89 Å². The molecule has 3 rings (SSSR count). The Morgan fingerprint density at radius 3 is 2.00 bits per heavy atom. The van der Waals surface area contributed by atoms with E-state index in [1.165, 1.54) is 0 Å². The maximum absolute atomic E-state index is 10.9. The molecule has 0 aliphatic rings. The summed E-state index contributed by atoms with van der Waals surface area (Å²) in [4.78, 5) is 15.4. The van der Waals surface area contributed by atoms with E-state index >= 15 is 0 Å². The lowest BCUT2D eigenvalue weighted by atomic mass is 9.78. The Kier molecular flexibility index (Phi) is 6.21. The predicted molar refractivity (Wildman–Crippen MR) is 126 cm³/mol. The molecule has 0 aliphatic carbocycles. The number of carbonyl (C=O) groups excluding carboxylic acids is 1. The van der Waals surface area contributed by atoms with E-state index in [2.05, 4.69) is 46.5 Å². The highest BCUT2D eigenvalue weighted by Crippen LogP contribution is 2.41. The number of hydrogen-bond donors (Lipinski definition) is 1. The van der Waals surface area contributed by atoms with Crippen LogP contribution in [0.3, 0.4) is 0 Å². The SMILES string of the molecule is CC(C)(C)c1cc(-c2nc(C/C=C/c3ccc(C=O)cc3)co2)cc(C(C)(C)C)c1O. The van der Waals surface area contributed by atoms with Crippen LogP contribution in [0.4, 0.5) is 0 Å². The van der Waals surface area contributed by atoms with E-state index in [0.29, 0.717) is 23.6 Å². The topological polar surface area (TPSA) is 63.3 Å². The van der Waals surface area contributed by atoms with Gasteiger partial charge in [0.1, 0.15) is 18.3 Å². The van der Waals surface area contributed by atoms with Crippen LogP contribution in [0.25, 0.3) is 17.5 Å². The number of hydrogen-bond acceptors (Lipinski definition) is 4.